The highest BCUT2D eigenvalue weighted by Crippen LogP contribution is 2.26. The Balaban J connectivity index is 1.84. The molecule has 0 aliphatic heterocycles. The molecule has 6 heteroatoms. The first-order valence-corrected chi connectivity index (χ1v) is 9.83. The fourth-order valence-corrected chi connectivity index (χ4v) is 3.20. The summed E-state index contributed by atoms with van der Waals surface area (Å²) >= 11 is 3.35. The Morgan fingerprint density at radius 2 is 1.57 bits per heavy atom. The van der Waals surface area contributed by atoms with Crippen LogP contribution in [0, 0.1) is 0 Å². The van der Waals surface area contributed by atoms with E-state index in [9.17, 15) is 9.59 Å². The number of carbonyl (C=O) groups excluding carboxylic acids is 2. The number of hydrogen-bond donors (Lipinski definition) is 0. The van der Waals surface area contributed by atoms with E-state index in [1.165, 1.54) is 20.3 Å². The van der Waals surface area contributed by atoms with Gasteiger partial charge in [-0.2, -0.15) is 0 Å². The molecule has 3 rings (SSSR count). The van der Waals surface area contributed by atoms with Crippen LogP contribution in [-0.2, 0) is 0 Å². The first-order valence-electron chi connectivity index (χ1n) is 9.03. The van der Waals surface area contributed by atoms with E-state index in [4.69, 9.17) is 14.2 Å². The molecule has 0 saturated heterocycles. The van der Waals surface area contributed by atoms with Gasteiger partial charge < -0.3 is 14.2 Å². The van der Waals surface area contributed by atoms with Crippen molar-refractivity contribution in [1.82, 2.24) is 0 Å². The van der Waals surface area contributed by atoms with Gasteiger partial charge in [-0.05, 0) is 64.5 Å². The van der Waals surface area contributed by atoms with Crippen molar-refractivity contribution < 1.29 is 23.8 Å². The number of esters is 1. The lowest BCUT2D eigenvalue weighted by Crippen LogP contribution is -2.10. The van der Waals surface area contributed by atoms with Gasteiger partial charge in [0.2, 0.25) is 0 Å². The van der Waals surface area contributed by atoms with Crippen LogP contribution in [0.1, 0.15) is 26.3 Å². The van der Waals surface area contributed by atoms with Crippen LogP contribution < -0.4 is 14.2 Å². The first kappa shape index (κ1) is 21.3. The Hall–Kier alpha value is -3.38. The van der Waals surface area contributed by atoms with E-state index < -0.39 is 5.97 Å². The van der Waals surface area contributed by atoms with Gasteiger partial charge in [-0.25, -0.2) is 4.79 Å². The molecule has 0 unspecified atom stereocenters. The summed E-state index contributed by atoms with van der Waals surface area (Å²) in [5.41, 5.74) is 1.37. The van der Waals surface area contributed by atoms with Gasteiger partial charge in [0.15, 0.2) is 5.78 Å². The van der Waals surface area contributed by atoms with E-state index in [0.29, 0.717) is 38.4 Å². The zero-order valence-electron chi connectivity index (χ0n) is 16.4. The molecule has 0 bridgehead atoms. The third-order valence-corrected chi connectivity index (χ3v) is 4.99. The van der Waals surface area contributed by atoms with Gasteiger partial charge in [0.1, 0.15) is 17.2 Å². The minimum atomic E-state index is -0.496. The predicted molar refractivity (Wildman–Crippen MR) is 118 cm³/mol. The van der Waals surface area contributed by atoms with E-state index in [1.807, 2.05) is 6.07 Å². The average Bonchev–Trinajstić information content (AvgIpc) is 2.78. The lowest BCUT2D eigenvalue weighted by molar-refractivity contribution is 0.0733. The number of hydrogen-bond acceptors (Lipinski definition) is 5. The molecule has 0 aliphatic carbocycles. The molecule has 0 saturated carbocycles. The molecule has 0 spiro atoms. The van der Waals surface area contributed by atoms with E-state index in [2.05, 4.69) is 15.9 Å². The predicted octanol–water partition coefficient (Wildman–Crippen LogP) is 5.58. The number of ether oxygens (including phenoxy) is 3. The summed E-state index contributed by atoms with van der Waals surface area (Å²) in [6, 6.07) is 19.0. The maximum absolute atomic E-state index is 12.7. The fraction of sp³-hybridized carbons (Fsp3) is 0.0833. The molecule has 30 heavy (non-hydrogen) atoms. The molecule has 5 nitrogen and oxygen atoms in total. The Bertz CT molecular complexity index is 1100. The number of para-hydroxylation sites is 1. The average molecular weight is 467 g/mol. The number of halogens is 1. The van der Waals surface area contributed by atoms with Gasteiger partial charge in [0.25, 0.3) is 0 Å². The van der Waals surface area contributed by atoms with Crippen molar-refractivity contribution >= 4 is 33.8 Å². The maximum atomic E-state index is 12.7. The molecular formula is C24H19BrO5. The summed E-state index contributed by atoms with van der Waals surface area (Å²) in [7, 11) is 3.03. The van der Waals surface area contributed by atoms with Crippen LogP contribution in [0.4, 0.5) is 0 Å². The fourth-order valence-electron chi connectivity index (χ4n) is 2.75. The monoisotopic (exact) mass is 466 g/mol. The van der Waals surface area contributed by atoms with Gasteiger partial charge in [-0.3, -0.25) is 4.79 Å². The maximum Gasteiger partial charge on any atom is 0.344 e. The van der Waals surface area contributed by atoms with Crippen molar-refractivity contribution in [3.63, 3.8) is 0 Å². The van der Waals surface area contributed by atoms with Crippen LogP contribution in [0.2, 0.25) is 0 Å². The smallest absolute Gasteiger partial charge is 0.344 e. The standard InChI is InChI=1S/C24H19BrO5/c1-28-17-12-14-23(29-2)19(15-17)21(26)13-11-16-7-3-6-10-22(16)30-24(27)18-8-4-5-9-20(18)25/h3-15H,1-2H3/b13-11+. The molecular weight excluding hydrogens is 448 g/mol. The van der Waals surface area contributed by atoms with Gasteiger partial charge in [-0.1, -0.05) is 30.3 Å². The Morgan fingerprint density at radius 1 is 0.833 bits per heavy atom. The van der Waals surface area contributed by atoms with Crippen molar-refractivity contribution in [3.8, 4) is 17.2 Å². The number of carbonyl (C=O) groups is 2. The van der Waals surface area contributed by atoms with Crippen molar-refractivity contribution in [2.24, 2.45) is 0 Å². The minimum Gasteiger partial charge on any atom is -0.497 e. The molecule has 0 aromatic heterocycles. The topological polar surface area (TPSA) is 61.8 Å². The molecule has 0 heterocycles. The van der Waals surface area contributed by atoms with E-state index in [-0.39, 0.29) is 5.78 Å². The van der Waals surface area contributed by atoms with Gasteiger partial charge in [-0.15, -0.1) is 0 Å². The Labute approximate surface area is 183 Å². The molecule has 0 fully saturated rings. The van der Waals surface area contributed by atoms with Crippen LogP contribution in [0.3, 0.4) is 0 Å². The van der Waals surface area contributed by atoms with E-state index >= 15 is 0 Å². The summed E-state index contributed by atoms with van der Waals surface area (Å²) in [4.78, 5) is 25.3. The molecule has 3 aromatic rings. The summed E-state index contributed by atoms with van der Waals surface area (Å²) in [5, 5.41) is 0. The zero-order valence-corrected chi connectivity index (χ0v) is 18.0. The molecule has 3 aromatic carbocycles. The lowest BCUT2D eigenvalue weighted by atomic mass is 10.1. The molecule has 0 aliphatic rings. The zero-order chi connectivity index (χ0) is 21.5. The number of allylic oxidation sites excluding steroid dienone is 1. The number of methoxy groups -OCH3 is 2. The van der Waals surface area contributed by atoms with Gasteiger partial charge >= 0.3 is 5.97 Å². The van der Waals surface area contributed by atoms with E-state index in [0.717, 1.165) is 0 Å². The molecule has 0 radical (unpaired) electrons. The molecule has 152 valence electrons. The van der Waals surface area contributed by atoms with Crippen LogP contribution in [-0.4, -0.2) is 26.0 Å². The molecule has 0 atom stereocenters. The van der Waals surface area contributed by atoms with E-state index in [1.54, 1.807) is 66.7 Å². The Kier molecular flexibility index (Phi) is 7.03. The normalized spacial score (nSPS) is 10.6. The number of benzene rings is 3. The lowest BCUT2D eigenvalue weighted by Gasteiger charge is -2.09. The van der Waals surface area contributed by atoms with Gasteiger partial charge in [0, 0.05) is 10.0 Å². The van der Waals surface area contributed by atoms with Crippen LogP contribution in [0.15, 0.2) is 77.3 Å². The second-order valence-corrected chi connectivity index (χ2v) is 7.03. The van der Waals surface area contributed by atoms with Crippen molar-refractivity contribution in [2.45, 2.75) is 0 Å². The van der Waals surface area contributed by atoms with Crippen molar-refractivity contribution in [2.75, 3.05) is 14.2 Å². The first-order chi connectivity index (χ1) is 14.5. The minimum absolute atomic E-state index is 0.266. The molecule has 0 amide bonds. The highest BCUT2D eigenvalue weighted by molar-refractivity contribution is 9.10. The van der Waals surface area contributed by atoms with Crippen LogP contribution in [0.25, 0.3) is 6.08 Å². The SMILES string of the molecule is COc1ccc(OC)c(C(=O)/C=C/c2ccccc2OC(=O)c2ccccc2Br)c1. The highest BCUT2D eigenvalue weighted by atomic mass is 79.9. The summed E-state index contributed by atoms with van der Waals surface area (Å²) in [5.74, 6) is 0.580. The summed E-state index contributed by atoms with van der Waals surface area (Å²) in [6.45, 7) is 0. The third kappa shape index (κ3) is 4.96. The largest absolute Gasteiger partial charge is 0.497 e. The van der Waals surface area contributed by atoms with Crippen LogP contribution in [0.5, 0.6) is 17.2 Å². The number of ketones is 1. The van der Waals surface area contributed by atoms with Crippen molar-refractivity contribution in [1.29, 1.82) is 0 Å². The van der Waals surface area contributed by atoms with Crippen molar-refractivity contribution in [3.05, 3.63) is 94.0 Å². The van der Waals surface area contributed by atoms with Gasteiger partial charge in [0.05, 0.1) is 25.3 Å². The highest BCUT2D eigenvalue weighted by Gasteiger charge is 2.14. The summed E-state index contributed by atoms with van der Waals surface area (Å²) in [6.07, 6.45) is 3.01. The third-order valence-electron chi connectivity index (χ3n) is 4.30. The molecule has 0 N–H and O–H groups in total. The quantitative estimate of drug-likeness (QED) is 0.197. The second-order valence-electron chi connectivity index (χ2n) is 6.17. The second kappa shape index (κ2) is 9.89. The number of rotatable bonds is 7. The Morgan fingerprint density at radius 3 is 2.30 bits per heavy atom. The van der Waals surface area contributed by atoms with Crippen LogP contribution >= 0.6 is 15.9 Å². The summed E-state index contributed by atoms with van der Waals surface area (Å²) < 4.78 is 16.7.